The molecule has 0 spiro atoms. The van der Waals surface area contributed by atoms with Gasteiger partial charge >= 0.3 is 5.97 Å². The molecule has 1 aromatic heterocycles. The standard InChI is InChI=1S/C9H12N2O3S/c1-6(12)10-3-2-8-11-7(5-15-8)4-9(13)14/h5H,2-4H2,1H3,(H,10,12)(H,13,14). The Hall–Kier alpha value is -1.43. The molecule has 0 saturated carbocycles. The fourth-order valence-corrected chi connectivity index (χ4v) is 1.84. The molecular weight excluding hydrogens is 216 g/mol. The van der Waals surface area contributed by atoms with E-state index in [1.807, 2.05) is 0 Å². The van der Waals surface area contributed by atoms with E-state index in [-0.39, 0.29) is 12.3 Å². The van der Waals surface area contributed by atoms with E-state index < -0.39 is 5.97 Å². The molecule has 0 saturated heterocycles. The first-order valence-corrected chi connectivity index (χ1v) is 5.35. The number of carboxylic acids is 1. The first kappa shape index (κ1) is 11.6. The second-order valence-electron chi connectivity index (χ2n) is 3.04. The van der Waals surface area contributed by atoms with Crippen molar-refractivity contribution in [3.8, 4) is 0 Å². The molecule has 1 rings (SSSR count). The number of hydrogen-bond donors (Lipinski definition) is 2. The van der Waals surface area contributed by atoms with Crippen molar-refractivity contribution < 1.29 is 14.7 Å². The minimum Gasteiger partial charge on any atom is -0.481 e. The highest BCUT2D eigenvalue weighted by Gasteiger charge is 2.05. The van der Waals surface area contributed by atoms with Gasteiger partial charge in [0, 0.05) is 25.3 Å². The largest absolute Gasteiger partial charge is 0.481 e. The van der Waals surface area contributed by atoms with Crippen LogP contribution in [0.1, 0.15) is 17.6 Å². The van der Waals surface area contributed by atoms with Crippen molar-refractivity contribution in [2.75, 3.05) is 6.54 Å². The van der Waals surface area contributed by atoms with Crippen LogP contribution in [0, 0.1) is 0 Å². The monoisotopic (exact) mass is 228 g/mol. The molecule has 0 bridgehead atoms. The van der Waals surface area contributed by atoms with Crippen LogP contribution in [0.4, 0.5) is 0 Å². The first-order chi connectivity index (χ1) is 7.08. The van der Waals surface area contributed by atoms with Gasteiger partial charge in [-0.25, -0.2) is 4.98 Å². The molecule has 0 aliphatic rings. The lowest BCUT2D eigenvalue weighted by molar-refractivity contribution is -0.136. The summed E-state index contributed by atoms with van der Waals surface area (Å²) in [6, 6.07) is 0. The van der Waals surface area contributed by atoms with E-state index in [0.29, 0.717) is 18.7 Å². The van der Waals surface area contributed by atoms with Crippen LogP contribution >= 0.6 is 11.3 Å². The lowest BCUT2D eigenvalue weighted by Gasteiger charge is -1.97. The van der Waals surface area contributed by atoms with Gasteiger partial charge < -0.3 is 10.4 Å². The summed E-state index contributed by atoms with van der Waals surface area (Å²) in [6.07, 6.45) is 0.598. The molecule has 0 atom stereocenters. The summed E-state index contributed by atoms with van der Waals surface area (Å²) in [7, 11) is 0. The molecular formula is C9H12N2O3S. The quantitative estimate of drug-likeness (QED) is 0.766. The molecule has 1 amide bonds. The third-order valence-electron chi connectivity index (χ3n) is 1.64. The number of aliphatic carboxylic acids is 1. The number of hydrogen-bond acceptors (Lipinski definition) is 4. The predicted molar refractivity (Wildman–Crippen MR) is 55.8 cm³/mol. The number of rotatable bonds is 5. The zero-order chi connectivity index (χ0) is 11.3. The first-order valence-electron chi connectivity index (χ1n) is 4.47. The maximum Gasteiger partial charge on any atom is 0.309 e. The van der Waals surface area contributed by atoms with Crippen LogP contribution < -0.4 is 5.32 Å². The van der Waals surface area contributed by atoms with E-state index in [2.05, 4.69) is 10.3 Å². The van der Waals surface area contributed by atoms with Crippen molar-refractivity contribution in [3.05, 3.63) is 16.1 Å². The van der Waals surface area contributed by atoms with Crippen molar-refractivity contribution in [1.29, 1.82) is 0 Å². The number of carbonyl (C=O) groups is 2. The van der Waals surface area contributed by atoms with Crippen LogP contribution in [0.3, 0.4) is 0 Å². The Morgan fingerprint density at radius 1 is 1.60 bits per heavy atom. The van der Waals surface area contributed by atoms with Gasteiger partial charge in [-0.05, 0) is 0 Å². The number of nitrogens with one attached hydrogen (secondary N) is 1. The van der Waals surface area contributed by atoms with Gasteiger partial charge in [0.1, 0.15) is 0 Å². The molecule has 0 fully saturated rings. The van der Waals surface area contributed by atoms with Crippen molar-refractivity contribution in [2.45, 2.75) is 19.8 Å². The average Bonchev–Trinajstić information content (AvgIpc) is 2.50. The van der Waals surface area contributed by atoms with Gasteiger partial charge in [0.25, 0.3) is 0 Å². The van der Waals surface area contributed by atoms with Gasteiger partial charge in [0.15, 0.2) is 0 Å². The molecule has 82 valence electrons. The van der Waals surface area contributed by atoms with Gasteiger partial charge in [0.2, 0.25) is 5.91 Å². The Morgan fingerprint density at radius 3 is 2.93 bits per heavy atom. The molecule has 5 nitrogen and oxygen atoms in total. The number of thiazole rings is 1. The number of amides is 1. The fourth-order valence-electron chi connectivity index (χ4n) is 1.05. The maximum absolute atomic E-state index is 10.6. The second kappa shape index (κ2) is 5.45. The van der Waals surface area contributed by atoms with E-state index in [1.165, 1.54) is 18.3 Å². The third kappa shape index (κ3) is 4.55. The van der Waals surface area contributed by atoms with Crippen molar-refractivity contribution in [1.82, 2.24) is 10.3 Å². The summed E-state index contributed by atoms with van der Waals surface area (Å²) in [6.45, 7) is 1.99. The van der Waals surface area contributed by atoms with Crippen LogP contribution in [0.5, 0.6) is 0 Å². The average molecular weight is 228 g/mol. The molecule has 2 N–H and O–H groups in total. The number of carboxylic acid groups (broad SMARTS) is 1. The predicted octanol–water partition coefficient (Wildman–Crippen LogP) is 0.449. The maximum atomic E-state index is 10.6. The fraction of sp³-hybridized carbons (Fsp3) is 0.444. The normalized spacial score (nSPS) is 9.93. The van der Waals surface area contributed by atoms with Gasteiger partial charge in [-0.3, -0.25) is 9.59 Å². The molecule has 1 heterocycles. The van der Waals surface area contributed by atoms with Crippen molar-refractivity contribution in [3.63, 3.8) is 0 Å². The van der Waals surface area contributed by atoms with E-state index in [4.69, 9.17) is 5.11 Å². The highest BCUT2D eigenvalue weighted by molar-refractivity contribution is 7.09. The SMILES string of the molecule is CC(=O)NCCc1nc(CC(=O)O)cs1. The second-order valence-corrected chi connectivity index (χ2v) is 3.98. The van der Waals surface area contributed by atoms with Gasteiger partial charge in [-0.15, -0.1) is 11.3 Å². The Balaban J connectivity index is 2.39. The Labute approximate surface area is 91.1 Å². The van der Waals surface area contributed by atoms with Crippen LogP contribution in [-0.2, 0) is 22.4 Å². The van der Waals surface area contributed by atoms with Crippen molar-refractivity contribution >= 4 is 23.2 Å². The zero-order valence-electron chi connectivity index (χ0n) is 8.32. The van der Waals surface area contributed by atoms with Crippen LogP contribution in [-0.4, -0.2) is 28.5 Å². The summed E-state index contributed by atoms with van der Waals surface area (Å²) in [5, 5.41) is 13.8. The summed E-state index contributed by atoms with van der Waals surface area (Å²) in [4.78, 5) is 25.1. The Morgan fingerprint density at radius 2 is 2.33 bits per heavy atom. The smallest absolute Gasteiger partial charge is 0.309 e. The van der Waals surface area contributed by atoms with Gasteiger partial charge in [-0.1, -0.05) is 0 Å². The summed E-state index contributed by atoms with van der Waals surface area (Å²) >= 11 is 1.42. The minimum atomic E-state index is -0.881. The summed E-state index contributed by atoms with van der Waals surface area (Å²) in [5.41, 5.74) is 0.574. The lowest BCUT2D eigenvalue weighted by atomic mass is 10.3. The summed E-state index contributed by atoms with van der Waals surface area (Å²) < 4.78 is 0. The lowest BCUT2D eigenvalue weighted by Crippen LogP contribution is -2.22. The highest BCUT2D eigenvalue weighted by Crippen LogP contribution is 2.10. The van der Waals surface area contributed by atoms with Gasteiger partial charge in [-0.2, -0.15) is 0 Å². The molecule has 0 unspecified atom stereocenters. The number of aromatic nitrogens is 1. The van der Waals surface area contributed by atoms with Crippen LogP contribution in [0.25, 0.3) is 0 Å². The minimum absolute atomic E-state index is 0.0450. The third-order valence-corrected chi connectivity index (χ3v) is 2.60. The van der Waals surface area contributed by atoms with Gasteiger partial charge in [0.05, 0.1) is 17.1 Å². The van der Waals surface area contributed by atoms with E-state index in [0.717, 1.165) is 5.01 Å². The van der Waals surface area contributed by atoms with E-state index in [9.17, 15) is 9.59 Å². The number of nitrogens with zero attached hydrogens (tertiary/aromatic N) is 1. The molecule has 0 radical (unpaired) electrons. The Bertz CT molecular complexity index is 362. The van der Waals surface area contributed by atoms with E-state index in [1.54, 1.807) is 5.38 Å². The molecule has 1 aromatic rings. The summed E-state index contributed by atoms with van der Waals surface area (Å²) in [5.74, 6) is -0.953. The molecule has 6 heteroatoms. The number of carbonyl (C=O) groups excluding carboxylic acids is 1. The van der Waals surface area contributed by atoms with Crippen LogP contribution in [0.2, 0.25) is 0 Å². The van der Waals surface area contributed by atoms with E-state index >= 15 is 0 Å². The van der Waals surface area contributed by atoms with Crippen LogP contribution in [0.15, 0.2) is 5.38 Å². The molecule has 15 heavy (non-hydrogen) atoms. The zero-order valence-corrected chi connectivity index (χ0v) is 9.13. The Kier molecular flexibility index (Phi) is 4.23. The highest BCUT2D eigenvalue weighted by atomic mass is 32.1. The molecule has 0 aliphatic carbocycles. The topological polar surface area (TPSA) is 79.3 Å². The van der Waals surface area contributed by atoms with Crippen molar-refractivity contribution in [2.24, 2.45) is 0 Å². The molecule has 0 aromatic carbocycles. The molecule has 0 aliphatic heterocycles.